The van der Waals surface area contributed by atoms with Crippen LogP contribution in [0.2, 0.25) is 0 Å². The lowest BCUT2D eigenvalue weighted by molar-refractivity contribution is -0.139. The molecular weight excluding hydrogens is 324 g/mol. The molecule has 0 fully saturated rings. The highest BCUT2D eigenvalue weighted by molar-refractivity contribution is 5.84. The molecule has 7 nitrogen and oxygen atoms in total. The summed E-state index contributed by atoms with van der Waals surface area (Å²) in [5.41, 5.74) is 0.876. The number of benzene rings is 1. The van der Waals surface area contributed by atoms with E-state index in [0.717, 1.165) is 5.56 Å². The maximum Gasteiger partial charge on any atom is 0.341 e. The van der Waals surface area contributed by atoms with Gasteiger partial charge in [0.2, 0.25) is 11.8 Å². The maximum atomic E-state index is 11.7. The highest BCUT2D eigenvalue weighted by atomic mass is 16.5. The molecule has 0 aromatic heterocycles. The molecule has 0 atom stereocenters. The number of hydrogen-bond donors (Lipinski definition) is 3. The van der Waals surface area contributed by atoms with Crippen LogP contribution >= 0.6 is 0 Å². The van der Waals surface area contributed by atoms with Crippen molar-refractivity contribution in [1.82, 2.24) is 10.6 Å². The van der Waals surface area contributed by atoms with E-state index in [1.807, 2.05) is 32.9 Å². The van der Waals surface area contributed by atoms with Gasteiger partial charge in [0.15, 0.2) is 6.61 Å². The molecule has 0 aliphatic carbocycles. The number of carboxylic acids is 1. The second kappa shape index (κ2) is 9.66. The number of hydrogen-bond acceptors (Lipinski definition) is 4. The van der Waals surface area contributed by atoms with Crippen molar-refractivity contribution in [2.24, 2.45) is 5.41 Å². The molecule has 25 heavy (non-hydrogen) atoms. The molecule has 138 valence electrons. The minimum absolute atomic E-state index is 0.0309. The Hall–Kier alpha value is -2.57. The summed E-state index contributed by atoms with van der Waals surface area (Å²) in [4.78, 5) is 33.8. The molecule has 7 heteroatoms. The van der Waals surface area contributed by atoms with Gasteiger partial charge in [0.1, 0.15) is 5.75 Å². The summed E-state index contributed by atoms with van der Waals surface area (Å²) in [6, 6.07) is 7.00. The van der Waals surface area contributed by atoms with E-state index in [0.29, 0.717) is 25.1 Å². The third-order valence-electron chi connectivity index (χ3n) is 3.16. The van der Waals surface area contributed by atoms with E-state index in [9.17, 15) is 14.4 Å². The van der Waals surface area contributed by atoms with Crippen molar-refractivity contribution in [3.63, 3.8) is 0 Å². The van der Waals surface area contributed by atoms with Crippen LogP contribution < -0.4 is 15.4 Å². The van der Waals surface area contributed by atoms with E-state index in [4.69, 9.17) is 9.84 Å². The van der Waals surface area contributed by atoms with E-state index in [1.54, 1.807) is 12.1 Å². The van der Waals surface area contributed by atoms with Crippen molar-refractivity contribution < 1.29 is 24.2 Å². The highest BCUT2D eigenvalue weighted by Crippen LogP contribution is 2.17. The zero-order chi connectivity index (χ0) is 18.9. The summed E-state index contributed by atoms with van der Waals surface area (Å²) in [6.07, 6.45) is 0.997. The first-order chi connectivity index (χ1) is 11.7. The normalized spacial score (nSPS) is 10.8. The number of carboxylic acid groups (broad SMARTS) is 1. The zero-order valence-electron chi connectivity index (χ0n) is 14.9. The summed E-state index contributed by atoms with van der Waals surface area (Å²) >= 11 is 0. The van der Waals surface area contributed by atoms with Gasteiger partial charge >= 0.3 is 5.97 Å². The summed E-state index contributed by atoms with van der Waals surface area (Å²) in [5.74, 6) is -0.915. The summed E-state index contributed by atoms with van der Waals surface area (Å²) in [6.45, 7) is 5.93. The van der Waals surface area contributed by atoms with E-state index < -0.39 is 5.97 Å². The largest absolute Gasteiger partial charge is 0.482 e. The fourth-order valence-corrected chi connectivity index (χ4v) is 2.03. The molecule has 0 aliphatic heterocycles. The lowest BCUT2D eigenvalue weighted by Crippen LogP contribution is -2.38. The highest BCUT2D eigenvalue weighted by Gasteiger charge is 2.16. The zero-order valence-corrected chi connectivity index (χ0v) is 14.9. The van der Waals surface area contributed by atoms with Crippen molar-refractivity contribution >= 4 is 17.8 Å². The van der Waals surface area contributed by atoms with Crippen LogP contribution in [0.15, 0.2) is 24.3 Å². The summed E-state index contributed by atoms with van der Waals surface area (Å²) < 4.78 is 5.04. The molecule has 2 amide bonds. The number of rotatable bonds is 9. The maximum absolute atomic E-state index is 11.7. The van der Waals surface area contributed by atoms with Crippen LogP contribution in [0.3, 0.4) is 0 Å². The van der Waals surface area contributed by atoms with Crippen LogP contribution in [0.5, 0.6) is 5.75 Å². The number of amides is 2. The Labute approximate surface area is 147 Å². The standard InChI is InChI=1S/C18H26N2O5/c1-18(2,3)10-15(21)20-11-16(22)19-9-8-13-4-6-14(7-5-13)25-12-17(23)24/h4-7H,8-12H2,1-3H3,(H,19,22)(H,20,21)(H,23,24). The van der Waals surface area contributed by atoms with Crippen LogP contribution in [0.1, 0.15) is 32.8 Å². The Kier molecular flexibility index (Phi) is 7.91. The Morgan fingerprint density at radius 2 is 1.68 bits per heavy atom. The monoisotopic (exact) mass is 350 g/mol. The molecule has 1 aromatic rings. The molecule has 0 saturated heterocycles. The number of carbonyl (C=O) groups is 3. The lowest BCUT2D eigenvalue weighted by Gasteiger charge is -2.17. The second-order valence-electron chi connectivity index (χ2n) is 6.94. The van der Waals surface area contributed by atoms with Crippen LogP contribution in [-0.4, -0.2) is 42.6 Å². The topological polar surface area (TPSA) is 105 Å². The first kappa shape index (κ1) is 20.5. The van der Waals surface area contributed by atoms with E-state index in [2.05, 4.69) is 10.6 Å². The second-order valence-corrected chi connectivity index (χ2v) is 6.94. The number of ether oxygens (including phenoxy) is 1. The van der Waals surface area contributed by atoms with Gasteiger partial charge in [-0.3, -0.25) is 9.59 Å². The molecule has 0 saturated carbocycles. The Morgan fingerprint density at radius 3 is 2.24 bits per heavy atom. The number of nitrogens with one attached hydrogen (secondary N) is 2. The minimum atomic E-state index is -1.03. The molecule has 0 radical (unpaired) electrons. The van der Waals surface area contributed by atoms with Crippen LogP contribution in [0.25, 0.3) is 0 Å². The van der Waals surface area contributed by atoms with E-state index in [-0.39, 0.29) is 30.4 Å². The van der Waals surface area contributed by atoms with Gasteiger partial charge in [-0.1, -0.05) is 32.9 Å². The average molecular weight is 350 g/mol. The molecule has 0 bridgehead atoms. The molecule has 0 unspecified atom stereocenters. The first-order valence-electron chi connectivity index (χ1n) is 8.13. The van der Waals surface area contributed by atoms with Gasteiger partial charge < -0.3 is 20.5 Å². The van der Waals surface area contributed by atoms with Crippen LogP contribution in [-0.2, 0) is 20.8 Å². The first-order valence-corrected chi connectivity index (χ1v) is 8.13. The molecule has 0 spiro atoms. The predicted octanol–water partition coefficient (Wildman–Crippen LogP) is 1.36. The Balaban J connectivity index is 2.24. The Morgan fingerprint density at radius 1 is 1.04 bits per heavy atom. The van der Waals surface area contributed by atoms with Gasteiger partial charge in [-0.2, -0.15) is 0 Å². The predicted molar refractivity (Wildman–Crippen MR) is 93.4 cm³/mol. The molecule has 0 heterocycles. The van der Waals surface area contributed by atoms with Crippen molar-refractivity contribution in [1.29, 1.82) is 0 Å². The average Bonchev–Trinajstić information content (AvgIpc) is 2.50. The molecule has 1 rings (SSSR count). The molecular formula is C18H26N2O5. The van der Waals surface area contributed by atoms with Crippen molar-refractivity contribution in [3.8, 4) is 5.75 Å². The number of aliphatic carboxylic acids is 1. The van der Waals surface area contributed by atoms with Gasteiger partial charge in [0.25, 0.3) is 0 Å². The quantitative estimate of drug-likeness (QED) is 0.624. The van der Waals surface area contributed by atoms with E-state index in [1.165, 1.54) is 0 Å². The van der Waals surface area contributed by atoms with Crippen LogP contribution in [0.4, 0.5) is 0 Å². The molecule has 0 aliphatic rings. The SMILES string of the molecule is CC(C)(C)CC(=O)NCC(=O)NCCc1ccc(OCC(=O)O)cc1. The van der Waals surface area contributed by atoms with Crippen molar-refractivity contribution in [2.75, 3.05) is 19.7 Å². The van der Waals surface area contributed by atoms with Gasteiger partial charge in [0, 0.05) is 13.0 Å². The van der Waals surface area contributed by atoms with Gasteiger partial charge in [-0.05, 0) is 29.5 Å². The Bertz CT molecular complexity index is 590. The van der Waals surface area contributed by atoms with Gasteiger partial charge in [-0.25, -0.2) is 4.79 Å². The summed E-state index contributed by atoms with van der Waals surface area (Å²) in [5, 5.41) is 13.9. The van der Waals surface area contributed by atoms with Crippen molar-refractivity contribution in [2.45, 2.75) is 33.6 Å². The van der Waals surface area contributed by atoms with Crippen LogP contribution in [0, 0.1) is 5.41 Å². The lowest BCUT2D eigenvalue weighted by atomic mass is 9.92. The van der Waals surface area contributed by atoms with E-state index >= 15 is 0 Å². The fourth-order valence-electron chi connectivity index (χ4n) is 2.03. The van der Waals surface area contributed by atoms with Gasteiger partial charge in [-0.15, -0.1) is 0 Å². The third-order valence-corrected chi connectivity index (χ3v) is 3.16. The fraction of sp³-hybridized carbons (Fsp3) is 0.500. The molecule has 3 N–H and O–H groups in total. The van der Waals surface area contributed by atoms with Crippen molar-refractivity contribution in [3.05, 3.63) is 29.8 Å². The number of carbonyl (C=O) groups excluding carboxylic acids is 2. The summed E-state index contributed by atoms with van der Waals surface area (Å²) in [7, 11) is 0. The third kappa shape index (κ3) is 10.0. The molecule has 1 aromatic carbocycles. The van der Waals surface area contributed by atoms with Gasteiger partial charge in [0.05, 0.1) is 6.54 Å². The smallest absolute Gasteiger partial charge is 0.341 e. The minimum Gasteiger partial charge on any atom is -0.482 e.